The van der Waals surface area contributed by atoms with Gasteiger partial charge in [0.2, 0.25) is 0 Å². The van der Waals surface area contributed by atoms with Crippen LogP contribution in [0.4, 0.5) is 0 Å². The van der Waals surface area contributed by atoms with Crippen molar-refractivity contribution in [3.8, 4) is 0 Å². The van der Waals surface area contributed by atoms with Gasteiger partial charge in [0.25, 0.3) is 0 Å². The first-order chi connectivity index (χ1) is 7.74. The lowest BCUT2D eigenvalue weighted by molar-refractivity contribution is 0.269. The summed E-state index contributed by atoms with van der Waals surface area (Å²) in [4.78, 5) is 2.38. The van der Waals surface area contributed by atoms with Crippen LogP contribution in [0.25, 0.3) is 0 Å². The molecule has 2 saturated carbocycles. The molecule has 0 saturated heterocycles. The van der Waals surface area contributed by atoms with Gasteiger partial charge in [-0.05, 0) is 51.1 Å². The Balaban J connectivity index is 1.81. The molecule has 0 spiro atoms. The van der Waals surface area contributed by atoms with Gasteiger partial charge < -0.3 is 4.90 Å². The average molecular weight is 223 g/mol. The number of hydrogen-bond donors (Lipinski definition) is 0. The van der Waals surface area contributed by atoms with E-state index >= 15 is 0 Å². The Morgan fingerprint density at radius 2 is 1.38 bits per heavy atom. The lowest BCUT2D eigenvalue weighted by Gasteiger charge is -2.23. The molecule has 2 fully saturated rings. The molecule has 0 radical (unpaired) electrons. The van der Waals surface area contributed by atoms with Gasteiger partial charge in [-0.25, -0.2) is 0 Å². The summed E-state index contributed by atoms with van der Waals surface area (Å²) in [5, 5.41) is 0. The van der Waals surface area contributed by atoms with Crippen molar-refractivity contribution in [2.45, 2.75) is 57.8 Å². The maximum atomic E-state index is 2.38. The normalized spacial score (nSPS) is 36.6. The van der Waals surface area contributed by atoms with E-state index in [9.17, 15) is 0 Å². The fourth-order valence-electron chi connectivity index (χ4n) is 3.94. The number of nitrogens with zero attached hydrogens (tertiary/aromatic N) is 1. The molecule has 0 aromatic heterocycles. The van der Waals surface area contributed by atoms with Crippen LogP contribution in [-0.2, 0) is 0 Å². The van der Waals surface area contributed by atoms with E-state index in [0.29, 0.717) is 0 Å². The number of fused-ring (bicyclic) bond motifs is 2. The van der Waals surface area contributed by atoms with E-state index in [1.54, 1.807) is 19.3 Å². The Bertz CT molecular complexity index is 184. The second-order valence-corrected chi connectivity index (χ2v) is 6.54. The minimum atomic E-state index is 0.979. The second-order valence-electron chi connectivity index (χ2n) is 6.54. The number of hydrogen-bond acceptors (Lipinski definition) is 1. The Morgan fingerprint density at radius 1 is 0.812 bits per heavy atom. The maximum absolute atomic E-state index is 2.38. The lowest BCUT2D eigenvalue weighted by atomic mass is 9.88. The first kappa shape index (κ1) is 12.4. The summed E-state index contributed by atoms with van der Waals surface area (Å²) in [7, 11) is 4.45. The Kier molecular flexibility index (Phi) is 4.69. The minimum absolute atomic E-state index is 0.979. The summed E-state index contributed by atoms with van der Waals surface area (Å²) in [6, 6.07) is 0. The smallest absolute Gasteiger partial charge is 0.000356 e. The average Bonchev–Trinajstić information content (AvgIpc) is 2.64. The zero-order valence-electron chi connectivity index (χ0n) is 11.3. The SMILES string of the molecule is CN(C)CC1CCCC2CCC(CCC1)C2. The molecule has 2 bridgehead atoms. The molecule has 0 aromatic rings. The molecule has 0 heterocycles. The van der Waals surface area contributed by atoms with E-state index in [4.69, 9.17) is 0 Å². The fourth-order valence-corrected chi connectivity index (χ4v) is 3.94. The van der Waals surface area contributed by atoms with Crippen LogP contribution in [0, 0.1) is 17.8 Å². The van der Waals surface area contributed by atoms with E-state index in [1.807, 2.05) is 0 Å². The zero-order valence-corrected chi connectivity index (χ0v) is 11.3. The van der Waals surface area contributed by atoms with Crippen LogP contribution in [0.3, 0.4) is 0 Å². The van der Waals surface area contributed by atoms with Gasteiger partial charge >= 0.3 is 0 Å². The molecule has 2 aliphatic carbocycles. The van der Waals surface area contributed by atoms with Gasteiger partial charge in [0.1, 0.15) is 0 Å². The van der Waals surface area contributed by atoms with Crippen molar-refractivity contribution in [1.29, 1.82) is 0 Å². The molecule has 0 aliphatic heterocycles. The summed E-state index contributed by atoms with van der Waals surface area (Å²) in [6.45, 7) is 1.31. The van der Waals surface area contributed by atoms with E-state index in [1.165, 1.54) is 45.1 Å². The van der Waals surface area contributed by atoms with Crippen LogP contribution in [0.15, 0.2) is 0 Å². The fraction of sp³-hybridized carbons (Fsp3) is 1.00. The van der Waals surface area contributed by atoms with Crippen LogP contribution >= 0.6 is 0 Å². The molecule has 1 heteroatoms. The lowest BCUT2D eigenvalue weighted by Crippen LogP contribution is -2.22. The van der Waals surface area contributed by atoms with Gasteiger partial charge in [-0.1, -0.05) is 38.5 Å². The number of rotatable bonds is 2. The van der Waals surface area contributed by atoms with Crippen LogP contribution in [0.2, 0.25) is 0 Å². The van der Waals surface area contributed by atoms with Crippen molar-refractivity contribution in [3.63, 3.8) is 0 Å². The van der Waals surface area contributed by atoms with E-state index in [-0.39, 0.29) is 0 Å². The molecule has 0 aromatic carbocycles. The highest BCUT2D eigenvalue weighted by molar-refractivity contribution is 4.78. The van der Waals surface area contributed by atoms with Gasteiger partial charge in [-0.3, -0.25) is 0 Å². The highest BCUT2D eigenvalue weighted by atomic mass is 15.1. The third-order valence-electron chi connectivity index (χ3n) is 4.72. The van der Waals surface area contributed by atoms with Crippen LogP contribution < -0.4 is 0 Å². The predicted molar refractivity (Wildman–Crippen MR) is 70.6 cm³/mol. The van der Waals surface area contributed by atoms with Crippen molar-refractivity contribution in [2.24, 2.45) is 17.8 Å². The molecular formula is C15H29N. The first-order valence-electron chi connectivity index (χ1n) is 7.38. The summed E-state index contributed by atoms with van der Waals surface area (Å²) < 4.78 is 0. The van der Waals surface area contributed by atoms with E-state index in [2.05, 4.69) is 19.0 Å². The first-order valence-corrected chi connectivity index (χ1v) is 7.38. The Hall–Kier alpha value is -0.0400. The zero-order chi connectivity index (χ0) is 11.4. The Morgan fingerprint density at radius 3 is 1.88 bits per heavy atom. The van der Waals surface area contributed by atoms with Gasteiger partial charge in [0.15, 0.2) is 0 Å². The molecule has 2 unspecified atom stereocenters. The molecule has 2 atom stereocenters. The molecule has 0 amide bonds. The molecule has 2 aliphatic rings. The van der Waals surface area contributed by atoms with Crippen LogP contribution in [0.1, 0.15) is 57.8 Å². The summed E-state index contributed by atoms with van der Waals surface area (Å²) >= 11 is 0. The highest BCUT2D eigenvalue weighted by Crippen LogP contribution is 2.38. The summed E-state index contributed by atoms with van der Waals surface area (Å²) in [6.07, 6.45) is 13.7. The van der Waals surface area contributed by atoms with Crippen LogP contribution in [0.5, 0.6) is 0 Å². The molecule has 0 N–H and O–H groups in total. The van der Waals surface area contributed by atoms with Crippen molar-refractivity contribution in [1.82, 2.24) is 4.90 Å². The molecule has 94 valence electrons. The van der Waals surface area contributed by atoms with Gasteiger partial charge in [-0.15, -0.1) is 0 Å². The largest absolute Gasteiger partial charge is 0.309 e. The van der Waals surface area contributed by atoms with Gasteiger partial charge in [0.05, 0.1) is 0 Å². The van der Waals surface area contributed by atoms with E-state index in [0.717, 1.165) is 17.8 Å². The second kappa shape index (κ2) is 6.05. The highest BCUT2D eigenvalue weighted by Gasteiger charge is 2.25. The molecule has 1 nitrogen and oxygen atoms in total. The minimum Gasteiger partial charge on any atom is -0.309 e. The molecule has 2 rings (SSSR count). The quantitative estimate of drug-likeness (QED) is 0.685. The summed E-state index contributed by atoms with van der Waals surface area (Å²) in [5.74, 6) is 3.18. The third kappa shape index (κ3) is 3.76. The molecule has 16 heavy (non-hydrogen) atoms. The maximum Gasteiger partial charge on any atom is 0.000356 e. The third-order valence-corrected chi connectivity index (χ3v) is 4.72. The summed E-state index contributed by atoms with van der Waals surface area (Å²) in [5.41, 5.74) is 0. The van der Waals surface area contributed by atoms with Crippen LogP contribution in [-0.4, -0.2) is 25.5 Å². The van der Waals surface area contributed by atoms with E-state index < -0.39 is 0 Å². The van der Waals surface area contributed by atoms with Crippen molar-refractivity contribution < 1.29 is 0 Å². The predicted octanol–water partition coefficient (Wildman–Crippen LogP) is 3.93. The van der Waals surface area contributed by atoms with Crippen molar-refractivity contribution in [2.75, 3.05) is 20.6 Å². The van der Waals surface area contributed by atoms with Gasteiger partial charge in [0, 0.05) is 6.54 Å². The van der Waals surface area contributed by atoms with Gasteiger partial charge in [-0.2, -0.15) is 0 Å². The van der Waals surface area contributed by atoms with Crippen molar-refractivity contribution in [3.05, 3.63) is 0 Å². The van der Waals surface area contributed by atoms with Crippen molar-refractivity contribution >= 4 is 0 Å². The Labute approximate surface area is 102 Å². The monoisotopic (exact) mass is 223 g/mol. The topological polar surface area (TPSA) is 3.24 Å². The standard InChI is InChI=1S/C15H29N/c1-16(2)12-15-7-3-5-13-9-10-14(11-13)6-4-8-15/h13-15H,3-12H2,1-2H3. The molecular weight excluding hydrogens is 194 g/mol.